The Morgan fingerprint density at radius 1 is 1.57 bits per heavy atom. The fourth-order valence-corrected chi connectivity index (χ4v) is 3.11. The molecule has 0 radical (unpaired) electrons. The Balaban J connectivity index is 1.44. The molecule has 3 rings (SSSR count). The highest BCUT2D eigenvalue weighted by atomic mass is 32.1. The van der Waals surface area contributed by atoms with Gasteiger partial charge in [-0.1, -0.05) is 6.07 Å². The molecule has 1 amide bonds. The zero-order chi connectivity index (χ0) is 16.1. The van der Waals surface area contributed by atoms with Crippen LogP contribution in [-0.2, 0) is 16.1 Å². The van der Waals surface area contributed by atoms with Crippen molar-refractivity contribution in [3.05, 3.63) is 22.3 Å². The summed E-state index contributed by atoms with van der Waals surface area (Å²) in [5.74, 6) is 1.42. The van der Waals surface area contributed by atoms with E-state index >= 15 is 0 Å². The highest BCUT2D eigenvalue weighted by molar-refractivity contribution is 7.71. The third-order valence-electron chi connectivity index (χ3n) is 3.64. The van der Waals surface area contributed by atoms with Crippen molar-refractivity contribution < 1.29 is 9.53 Å². The number of H-pyrrole nitrogens is 1. The molecule has 0 aliphatic heterocycles. The predicted molar refractivity (Wildman–Crippen MR) is 91.9 cm³/mol. The van der Waals surface area contributed by atoms with Crippen LogP contribution in [0, 0.1) is 10.7 Å². The fraction of sp³-hybridized carbons (Fsp3) is 0.533. The third-order valence-corrected chi connectivity index (χ3v) is 4.82. The molecule has 1 fully saturated rings. The first-order valence-corrected chi connectivity index (χ1v) is 9.06. The molecule has 0 atom stereocenters. The van der Waals surface area contributed by atoms with Crippen molar-refractivity contribution in [3.8, 4) is 10.7 Å². The quantitative estimate of drug-likeness (QED) is 0.537. The van der Waals surface area contributed by atoms with E-state index in [1.165, 1.54) is 12.8 Å². The highest BCUT2D eigenvalue weighted by Crippen LogP contribution is 2.28. The van der Waals surface area contributed by atoms with Crippen molar-refractivity contribution >= 4 is 29.5 Å². The second-order valence-electron chi connectivity index (χ2n) is 5.64. The predicted octanol–water partition coefficient (Wildman–Crippen LogP) is 2.60. The number of carbonyl (C=O) groups is 1. The molecule has 0 aromatic carbocycles. The molecule has 2 N–H and O–H groups in total. The molecule has 1 saturated carbocycles. The molecule has 6 nitrogen and oxygen atoms in total. The van der Waals surface area contributed by atoms with Crippen molar-refractivity contribution in [2.45, 2.75) is 25.8 Å². The molecule has 0 unspecified atom stereocenters. The maximum Gasteiger partial charge on any atom is 0.240 e. The minimum atomic E-state index is -0.0671. The topological polar surface area (TPSA) is 71.9 Å². The number of nitrogens with one attached hydrogen (secondary N) is 2. The number of aromatic amines is 1. The summed E-state index contributed by atoms with van der Waals surface area (Å²) in [7, 11) is 0. The van der Waals surface area contributed by atoms with E-state index in [0.29, 0.717) is 23.7 Å². The first-order chi connectivity index (χ1) is 11.2. The van der Waals surface area contributed by atoms with Crippen LogP contribution in [0.5, 0.6) is 0 Å². The van der Waals surface area contributed by atoms with Crippen molar-refractivity contribution in [1.29, 1.82) is 0 Å². The van der Waals surface area contributed by atoms with E-state index in [9.17, 15) is 4.79 Å². The highest BCUT2D eigenvalue weighted by Gasteiger charge is 2.20. The number of rotatable bonds is 9. The summed E-state index contributed by atoms with van der Waals surface area (Å²) in [4.78, 5) is 13.1. The van der Waals surface area contributed by atoms with Gasteiger partial charge in [0.1, 0.15) is 6.54 Å². The second kappa shape index (κ2) is 7.85. The zero-order valence-electron chi connectivity index (χ0n) is 12.8. The van der Waals surface area contributed by atoms with Crippen LogP contribution in [0.3, 0.4) is 0 Å². The first-order valence-electron chi connectivity index (χ1n) is 7.77. The van der Waals surface area contributed by atoms with Crippen LogP contribution in [-0.4, -0.2) is 40.4 Å². The summed E-state index contributed by atoms with van der Waals surface area (Å²) in [6.45, 7) is 2.35. The molecule has 8 heteroatoms. The smallest absolute Gasteiger partial charge is 0.240 e. The number of aromatic nitrogens is 3. The van der Waals surface area contributed by atoms with Gasteiger partial charge in [0.05, 0.1) is 4.88 Å². The van der Waals surface area contributed by atoms with E-state index in [-0.39, 0.29) is 12.5 Å². The van der Waals surface area contributed by atoms with Crippen molar-refractivity contribution in [3.63, 3.8) is 0 Å². The molecule has 23 heavy (non-hydrogen) atoms. The molecule has 2 aromatic rings. The third kappa shape index (κ3) is 4.73. The van der Waals surface area contributed by atoms with Gasteiger partial charge in [-0.25, -0.2) is 0 Å². The van der Waals surface area contributed by atoms with Gasteiger partial charge >= 0.3 is 0 Å². The Kier molecular flexibility index (Phi) is 5.58. The minimum absolute atomic E-state index is 0.0671. The lowest BCUT2D eigenvalue weighted by Crippen LogP contribution is -2.29. The van der Waals surface area contributed by atoms with E-state index in [4.69, 9.17) is 17.0 Å². The lowest BCUT2D eigenvalue weighted by Gasteiger charge is -2.08. The lowest BCUT2D eigenvalue weighted by molar-refractivity contribution is -0.121. The Hall–Kier alpha value is -1.51. The number of carbonyl (C=O) groups excluding carboxylic acids is 1. The van der Waals surface area contributed by atoms with Gasteiger partial charge in [-0.05, 0) is 48.8 Å². The molecule has 0 saturated heterocycles. The van der Waals surface area contributed by atoms with Crippen LogP contribution >= 0.6 is 23.6 Å². The second-order valence-corrected chi connectivity index (χ2v) is 6.97. The van der Waals surface area contributed by atoms with Gasteiger partial charge in [-0.15, -0.1) is 11.3 Å². The van der Waals surface area contributed by atoms with Gasteiger partial charge in [-0.3, -0.25) is 14.5 Å². The standard InChI is InChI=1S/C15H20N4O2S2/c20-13(16-6-2-7-21-10-11-4-5-11)9-19-14(17-18-15(19)22)12-3-1-8-23-12/h1,3,8,11H,2,4-7,9-10H2,(H,16,20)(H,18,22). The Morgan fingerprint density at radius 2 is 2.43 bits per heavy atom. The van der Waals surface area contributed by atoms with Gasteiger partial charge in [0.15, 0.2) is 10.6 Å². The van der Waals surface area contributed by atoms with Gasteiger partial charge in [-0.2, -0.15) is 5.10 Å². The normalized spacial score (nSPS) is 14.1. The van der Waals surface area contributed by atoms with Gasteiger partial charge in [0.2, 0.25) is 5.91 Å². The number of thiophene rings is 1. The Bertz CT molecular complexity index is 689. The maximum absolute atomic E-state index is 12.1. The van der Waals surface area contributed by atoms with Crippen LogP contribution in [0.25, 0.3) is 10.7 Å². The average molecular weight is 352 g/mol. The van der Waals surface area contributed by atoms with E-state index in [1.54, 1.807) is 15.9 Å². The van der Waals surface area contributed by atoms with Crippen LogP contribution in [0.4, 0.5) is 0 Å². The number of hydrogen-bond donors (Lipinski definition) is 2. The molecule has 1 aliphatic rings. The summed E-state index contributed by atoms with van der Waals surface area (Å²) in [6.07, 6.45) is 3.43. The molecule has 0 spiro atoms. The van der Waals surface area contributed by atoms with Gasteiger partial charge in [0.25, 0.3) is 0 Å². The molecule has 0 bridgehead atoms. The minimum Gasteiger partial charge on any atom is -0.381 e. The number of hydrogen-bond acceptors (Lipinski definition) is 5. The lowest BCUT2D eigenvalue weighted by atomic mass is 10.4. The fourth-order valence-electron chi connectivity index (χ4n) is 2.19. The SMILES string of the molecule is O=C(Cn1c(-c2cccs2)n[nH]c1=S)NCCCOCC1CC1. The van der Waals surface area contributed by atoms with Crippen LogP contribution < -0.4 is 5.32 Å². The molecular formula is C15H20N4O2S2. The number of amides is 1. The zero-order valence-corrected chi connectivity index (χ0v) is 14.4. The monoisotopic (exact) mass is 352 g/mol. The van der Waals surface area contributed by atoms with Crippen molar-refractivity contribution in [2.24, 2.45) is 5.92 Å². The van der Waals surface area contributed by atoms with Crippen LogP contribution in [0.15, 0.2) is 17.5 Å². The Labute approximate surface area is 143 Å². The van der Waals surface area contributed by atoms with Crippen molar-refractivity contribution in [1.82, 2.24) is 20.1 Å². The van der Waals surface area contributed by atoms with Gasteiger partial charge in [0, 0.05) is 19.8 Å². The number of ether oxygens (including phenoxy) is 1. The van der Waals surface area contributed by atoms with Crippen LogP contribution in [0.1, 0.15) is 19.3 Å². The van der Waals surface area contributed by atoms with E-state index in [0.717, 1.165) is 23.8 Å². The van der Waals surface area contributed by atoms with E-state index < -0.39 is 0 Å². The summed E-state index contributed by atoms with van der Waals surface area (Å²) >= 11 is 6.78. The molecule has 124 valence electrons. The summed E-state index contributed by atoms with van der Waals surface area (Å²) in [6, 6.07) is 3.91. The average Bonchev–Trinajstić information content (AvgIpc) is 3.07. The molecule has 1 aliphatic carbocycles. The summed E-state index contributed by atoms with van der Waals surface area (Å²) in [5, 5.41) is 11.8. The largest absolute Gasteiger partial charge is 0.381 e. The molecule has 2 aromatic heterocycles. The first kappa shape index (κ1) is 16.4. The van der Waals surface area contributed by atoms with E-state index in [2.05, 4.69) is 15.5 Å². The Morgan fingerprint density at radius 3 is 3.17 bits per heavy atom. The summed E-state index contributed by atoms with van der Waals surface area (Å²) in [5.41, 5.74) is 0. The molecule has 2 heterocycles. The number of nitrogens with zero attached hydrogens (tertiary/aromatic N) is 2. The maximum atomic E-state index is 12.1. The van der Waals surface area contributed by atoms with Crippen molar-refractivity contribution in [2.75, 3.05) is 19.8 Å². The summed E-state index contributed by atoms with van der Waals surface area (Å²) < 4.78 is 7.72. The van der Waals surface area contributed by atoms with E-state index in [1.807, 2.05) is 17.5 Å². The molecular weight excluding hydrogens is 332 g/mol. The van der Waals surface area contributed by atoms with Crippen LogP contribution in [0.2, 0.25) is 0 Å². The van der Waals surface area contributed by atoms with Gasteiger partial charge < -0.3 is 10.1 Å².